The van der Waals surface area contributed by atoms with E-state index in [9.17, 15) is 0 Å². The van der Waals surface area contributed by atoms with Gasteiger partial charge in [-0.2, -0.15) is 0 Å². The van der Waals surface area contributed by atoms with Gasteiger partial charge in [0.1, 0.15) is 18.2 Å². The number of hydrogen-bond donors (Lipinski definition) is 2. The van der Waals surface area contributed by atoms with Crippen LogP contribution in [-0.4, -0.2) is 24.2 Å². The van der Waals surface area contributed by atoms with E-state index in [1.165, 1.54) is 28.1 Å². The lowest BCUT2D eigenvalue weighted by atomic mass is 9.50. The SMILES string of the molecule is C1=CCCC(C2=C(C3NC(C4CCC=C(C5=CC=CC6C5C5C=CC=CC5C65C6C=CC=CC6OC6CCC=CC65)C4)=NC(c4ccccc4)N3)C=CCC2)=C1. The Kier molecular flexibility index (Phi) is 8.96. The third-order valence-electron chi connectivity index (χ3n) is 15.1. The molecule has 4 heteroatoms. The number of benzene rings is 1. The van der Waals surface area contributed by atoms with E-state index in [0.717, 1.165) is 57.8 Å². The molecule has 10 aliphatic rings. The Morgan fingerprint density at radius 2 is 1.55 bits per heavy atom. The van der Waals surface area contributed by atoms with Crippen molar-refractivity contribution in [1.29, 1.82) is 0 Å². The molecular weight excluding hydrogens is 683 g/mol. The number of hydrogen-bond acceptors (Lipinski definition) is 4. The number of ether oxygens (including phenoxy) is 1. The van der Waals surface area contributed by atoms with Crippen LogP contribution in [0.15, 0.2) is 179 Å². The molecular formula is C52H55N3O. The van der Waals surface area contributed by atoms with E-state index < -0.39 is 0 Å². The molecule has 2 fully saturated rings. The van der Waals surface area contributed by atoms with E-state index in [4.69, 9.17) is 9.73 Å². The summed E-state index contributed by atoms with van der Waals surface area (Å²) in [4.78, 5) is 5.53. The summed E-state index contributed by atoms with van der Waals surface area (Å²) in [6, 6.07) is 10.9. The van der Waals surface area contributed by atoms with Crippen LogP contribution in [0.3, 0.4) is 0 Å². The van der Waals surface area contributed by atoms with E-state index in [-0.39, 0.29) is 30.0 Å². The largest absolute Gasteiger partial charge is 0.370 e. The van der Waals surface area contributed by atoms with Crippen molar-refractivity contribution in [1.82, 2.24) is 10.6 Å². The van der Waals surface area contributed by atoms with Crippen molar-refractivity contribution >= 4 is 5.84 Å². The summed E-state index contributed by atoms with van der Waals surface area (Å²) in [5.74, 6) is 4.05. The van der Waals surface area contributed by atoms with Gasteiger partial charge in [-0.05, 0) is 115 Å². The molecule has 2 aliphatic heterocycles. The molecule has 56 heavy (non-hydrogen) atoms. The molecule has 0 amide bonds. The van der Waals surface area contributed by atoms with Crippen LogP contribution in [0.4, 0.5) is 0 Å². The van der Waals surface area contributed by atoms with Crippen LogP contribution in [0.1, 0.15) is 69.5 Å². The predicted octanol–water partition coefficient (Wildman–Crippen LogP) is 10.8. The first-order valence-electron chi connectivity index (χ1n) is 21.8. The Labute approximate surface area is 333 Å². The maximum Gasteiger partial charge on any atom is 0.129 e. The Bertz CT molecular complexity index is 2140. The Hall–Kier alpha value is -4.51. The van der Waals surface area contributed by atoms with Crippen molar-refractivity contribution in [2.24, 2.45) is 51.8 Å². The second kappa shape index (κ2) is 14.5. The third-order valence-corrected chi connectivity index (χ3v) is 15.1. The number of fused-ring (bicyclic) bond motifs is 9. The van der Waals surface area contributed by atoms with Crippen molar-refractivity contribution in [2.45, 2.75) is 82.3 Å². The topological polar surface area (TPSA) is 45.6 Å². The quantitative estimate of drug-likeness (QED) is 0.296. The fraction of sp³-hybridized carbons (Fsp3) is 0.404. The molecule has 4 nitrogen and oxygen atoms in total. The van der Waals surface area contributed by atoms with Gasteiger partial charge in [-0.1, -0.05) is 146 Å². The summed E-state index contributed by atoms with van der Waals surface area (Å²) in [5.41, 5.74) is 8.80. The minimum absolute atomic E-state index is 0.00629. The summed E-state index contributed by atoms with van der Waals surface area (Å²) < 4.78 is 6.98. The van der Waals surface area contributed by atoms with Gasteiger partial charge in [0.15, 0.2) is 0 Å². The number of nitrogens with one attached hydrogen (secondary N) is 2. The van der Waals surface area contributed by atoms with Gasteiger partial charge >= 0.3 is 0 Å². The van der Waals surface area contributed by atoms with E-state index >= 15 is 0 Å². The summed E-state index contributed by atoms with van der Waals surface area (Å²) in [6.07, 6.45) is 56.3. The average molecular weight is 738 g/mol. The Morgan fingerprint density at radius 3 is 2.46 bits per heavy atom. The minimum Gasteiger partial charge on any atom is -0.370 e. The summed E-state index contributed by atoms with van der Waals surface area (Å²) >= 11 is 0. The molecule has 8 aliphatic carbocycles. The molecule has 0 bridgehead atoms. The van der Waals surface area contributed by atoms with E-state index in [0.29, 0.717) is 41.4 Å². The fourth-order valence-corrected chi connectivity index (χ4v) is 12.9. The molecule has 11 rings (SSSR count). The van der Waals surface area contributed by atoms with Gasteiger partial charge < -0.3 is 10.1 Å². The van der Waals surface area contributed by atoms with Crippen LogP contribution < -0.4 is 10.6 Å². The maximum atomic E-state index is 6.98. The molecule has 2 heterocycles. The van der Waals surface area contributed by atoms with Crippen molar-refractivity contribution in [3.05, 3.63) is 179 Å². The van der Waals surface area contributed by atoms with Crippen molar-refractivity contribution < 1.29 is 4.74 Å². The molecule has 1 aromatic carbocycles. The molecule has 1 saturated carbocycles. The second-order valence-electron chi connectivity index (χ2n) is 17.7. The van der Waals surface area contributed by atoms with Crippen molar-refractivity contribution in [3.8, 4) is 0 Å². The highest BCUT2D eigenvalue weighted by atomic mass is 16.5. The van der Waals surface area contributed by atoms with Crippen LogP contribution in [0.5, 0.6) is 0 Å². The van der Waals surface area contributed by atoms with Gasteiger partial charge in [0.25, 0.3) is 0 Å². The smallest absolute Gasteiger partial charge is 0.129 e. The lowest BCUT2D eigenvalue weighted by Crippen LogP contribution is -2.59. The van der Waals surface area contributed by atoms with Crippen LogP contribution in [0, 0.1) is 46.8 Å². The first kappa shape index (κ1) is 34.7. The zero-order valence-electron chi connectivity index (χ0n) is 32.4. The lowest BCUT2D eigenvalue weighted by Gasteiger charge is -2.59. The van der Waals surface area contributed by atoms with Crippen LogP contribution in [0.25, 0.3) is 0 Å². The van der Waals surface area contributed by atoms with Gasteiger partial charge in [0, 0.05) is 23.2 Å². The zero-order chi connectivity index (χ0) is 37.1. The standard InChI is InChI=1S/C52H55N3O/c1-3-17-34(18-4-1)38-23-7-8-24-40(38)51-54-49(35-19-5-2-6-20-35)53-50(55-51)37-22-15-21-36(33-37)39-26-16-30-45-48(39)41-25-9-10-27-42(41)52(45)43-28-11-13-31-46(43)56-47-32-14-12-29-44(47)52/h1-3,5-6,8-13,16-17,19-21,24-31,37,41-49,51,54H,4,7,14-15,18,22-23,32-33H2,(H,53,55). The normalized spacial score (nSPS) is 40.2. The van der Waals surface area contributed by atoms with Gasteiger partial charge in [-0.25, -0.2) is 4.99 Å². The lowest BCUT2D eigenvalue weighted by molar-refractivity contribution is -0.168. The molecule has 12 unspecified atom stereocenters. The minimum atomic E-state index is -0.0949. The average Bonchev–Trinajstić information content (AvgIpc) is 3.58. The molecule has 2 N–H and O–H groups in total. The maximum absolute atomic E-state index is 6.98. The monoisotopic (exact) mass is 737 g/mol. The highest BCUT2D eigenvalue weighted by molar-refractivity contribution is 5.87. The number of aliphatic imine (C=N–C) groups is 1. The molecule has 1 saturated heterocycles. The molecule has 284 valence electrons. The highest BCUT2D eigenvalue weighted by Gasteiger charge is 2.68. The van der Waals surface area contributed by atoms with E-state index in [1.807, 2.05) is 0 Å². The first-order chi connectivity index (χ1) is 27.8. The molecule has 12 atom stereocenters. The van der Waals surface area contributed by atoms with Crippen LogP contribution in [0.2, 0.25) is 0 Å². The number of nitrogens with zero attached hydrogens (tertiary/aromatic N) is 1. The summed E-state index contributed by atoms with van der Waals surface area (Å²) in [6.45, 7) is 0. The van der Waals surface area contributed by atoms with Crippen LogP contribution in [-0.2, 0) is 4.74 Å². The van der Waals surface area contributed by atoms with Gasteiger partial charge in [0.05, 0.1) is 12.2 Å². The number of allylic oxidation sites excluding steroid dienone is 19. The molecule has 1 aromatic rings. The van der Waals surface area contributed by atoms with Crippen molar-refractivity contribution in [3.63, 3.8) is 0 Å². The zero-order valence-corrected chi connectivity index (χ0v) is 32.4. The predicted molar refractivity (Wildman–Crippen MR) is 228 cm³/mol. The molecule has 0 radical (unpaired) electrons. The molecule has 0 aromatic heterocycles. The number of rotatable bonds is 5. The molecule has 1 spiro atoms. The van der Waals surface area contributed by atoms with Gasteiger partial charge in [-0.3, -0.25) is 5.32 Å². The van der Waals surface area contributed by atoms with Gasteiger partial charge in [0.2, 0.25) is 0 Å². The van der Waals surface area contributed by atoms with Gasteiger partial charge in [-0.15, -0.1) is 0 Å². The van der Waals surface area contributed by atoms with Crippen LogP contribution >= 0.6 is 0 Å². The fourth-order valence-electron chi connectivity index (χ4n) is 12.9. The van der Waals surface area contributed by atoms with E-state index in [1.54, 1.807) is 11.1 Å². The second-order valence-corrected chi connectivity index (χ2v) is 17.7. The summed E-state index contributed by atoms with van der Waals surface area (Å²) in [5, 5.41) is 8.02. The first-order valence-corrected chi connectivity index (χ1v) is 21.8. The highest BCUT2D eigenvalue weighted by Crippen LogP contribution is 2.70. The number of amidine groups is 1. The van der Waals surface area contributed by atoms with Crippen molar-refractivity contribution in [2.75, 3.05) is 0 Å². The Morgan fingerprint density at radius 1 is 0.696 bits per heavy atom. The summed E-state index contributed by atoms with van der Waals surface area (Å²) in [7, 11) is 0. The van der Waals surface area contributed by atoms with E-state index in [2.05, 4.69) is 156 Å². The third kappa shape index (κ3) is 5.65. The Balaban J connectivity index is 0.939.